The van der Waals surface area contributed by atoms with Gasteiger partial charge in [0.2, 0.25) is 5.89 Å². The van der Waals surface area contributed by atoms with Gasteiger partial charge in [-0.3, -0.25) is 4.99 Å². The average molecular weight is 392 g/mol. The summed E-state index contributed by atoms with van der Waals surface area (Å²) in [6.07, 6.45) is 1.54. The minimum absolute atomic E-state index is 0. The van der Waals surface area contributed by atoms with E-state index in [0.717, 1.165) is 5.69 Å². The fourth-order valence-corrected chi connectivity index (χ4v) is 1.59. The number of aryl methyl sites for hydroxylation is 1. The monoisotopic (exact) mass is 392 g/mol. The Labute approximate surface area is 133 Å². The lowest BCUT2D eigenvalue weighted by Gasteiger charge is -2.20. The van der Waals surface area contributed by atoms with Crippen LogP contribution in [0, 0.1) is 6.92 Å². The van der Waals surface area contributed by atoms with Crippen LogP contribution in [0.15, 0.2) is 26.4 Å². The minimum Gasteiger partial charge on any atom is -0.364 e. The van der Waals surface area contributed by atoms with Gasteiger partial charge in [-0.2, -0.15) is 4.98 Å². The third-order valence-corrected chi connectivity index (χ3v) is 2.43. The van der Waals surface area contributed by atoms with Gasteiger partial charge in [-0.25, -0.2) is 0 Å². The number of aliphatic imine (C=N–C) groups is 1. The van der Waals surface area contributed by atoms with E-state index >= 15 is 0 Å². The number of guanidine groups is 1. The van der Waals surface area contributed by atoms with Crippen LogP contribution >= 0.6 is 24.0 Å². The fourth-order valence-electron chi connectivity index (χ4n) is 1.59. The summed E-state index contributed by atoms with van der Waals surface area (Å²) < 4.78 is 9.81. The fraction of sp³-hybridized carbons (Fsp3) is 0.455. The van der Waals surface area contributed by atoms with Crippen molar-refractivity contribution >= 4 is 29.9 Å². The molecule has 20 heavy (non-hydrogen) atoms. The van der Waals surface area contributed by atoms with Crippen LogP contribution in [0.5, 0.6) is 0 Å². The predicted octanol–water partition coefficient (Wildman–Crippen LogP) is 1.19. The van der Waals surface area contributed by atoms with Gasteiger partial charge in [-0.1, -0.05) is 10.3 Å². The van der Waals surface area contributed by atoms with Crippen molar-refractivity contribution in [3.8, 4) is 0 Å². The van der Waals surface area contributed by atoms with Crippen LogP contribution in [-0.4, -0.2) is 40.3 Å². The summed E-state index contributed by atoms with van der Waals surface area (Å²) >= 11 is 0. The SMILES string of the molecule is CN=C(NCc1nc(C)no1)N(C)Cc1ccon1.I. The summed E-state index contributed by atoms with van der Waals surface area (Å²) in [4.78, 5) is 10.2. The van der Waals surface area contributed by atoms with E-state index in [4.69, 9.17) is 9.05 Å². The number of rotatable bonds is 4. The van der Waals surface area contributed by atoms with E-state index in [2.05, 4.69) is 25.6 Å². The normalized spacial score (nSPS) is 11.1. The Morgan fingerprint density at radius 2 is 2.25 bits per heavy atom. The zero-order chi connectivity index (χ0) is 13.7. The number of halogens is 1. The summed E-state index contributed by atoms with van der Waals surface area (Å²) in [6.45, 7) is 2.80. The van der Waals surface area contributed by atoms with Crippen molar-refractivity contribution < 1.29 is 9.05 Å². The molecule has 9 heteroatoms. The van der Waals surface area contributed by atoms with Crippen LogP contribution in [0.1, 0.15) is 17.4 Å². The molecule has 0 fully saturated rings. The van der Waals surface area contributed by atoms with Gasteiger partial charge in [-0.05, 0) is 6.92 Å². The number of hydrogen-bond donors (Lipinski definition) is 1. The Morgan fingerprint density at radius 1 is 1.45 bits per heavy atom. The van der Waals surface area contributed by atoms with Gasteiger partial charge in [0, 0.05) is 20.2 Å². The topological polar surface area (TPSA) is 92.6 Å². The smallest absolute Gasteiger partial charge is 0.246 e. The second kappa shape index (κ2) is 7.82. The van der Waals surface area contributed by atoms with Crippen LogP contribution < -0.4 is 5.32 Å². The first kappa shape index (κ1) is 16.4. The highest BCUT2D eigenvalue weighted by Gasteiger charge is 2.10. The van der Waals surface area contributed by atoms with Crippen molar-refractivity contribution in [2.45, 2.75) is 20.0 Å². The van der Waals surface area contributed by atoms with Gasteiger partial charge in [-0.15, -0.1) is 24.0 Å². The molecule has 0 unspecified atom stereocenters. The first-order chi connectivity index (χ1) is 9.19. The van der Waals surface area contributed by atoms with Crippen LogP contribution in [0.25, 0.3) is 0 Å². The molecule has 0 aliphatic heterocycles. The number of nitrogens with zero attached hydrogens (tertiary/aromatic N) is 5. The Hall–Kier alpha value is -1.65. The highest BCUT2D eigenvalue weighted by Crippen LogP contribution is 2.01. The lowest BCUT2D eigenvalue weighted by molar-refractivity contribution is 0.365. The largest absolute Gasteiger partial charge is 0.364 e. The molecule has 8 nitrogen and oxygen atoms in total. The number of hydrogen-bond acceptors (Lipinski definition) is 6. The van der Waals surface area contributed by atoms with Crippen LogP contribution in [0.3, 0.4) is 0 Å². The van der Waals surface area contributed by atoms with E-state index in [9.17, 15) is 0 Å². The van der Waals surface area contributed by atoms with Gasteiger partial charge in [0.25, 0.3) is 0 Å². The van der Waals surface area contributed by atoms with Crippen molar-refractivity contribution in [3.63, 3.8) is 0 Å². The van der Waals surface area contributed by atoms with E-state index in [-0.39, 0.29) is 24.0 Å². The molecule has 0 aromatic carbocycles. The molecule has 0 atom stereocenters. The van der Waals surface area contributed by atoms with Crippen molar-refractivity contribution in [1.29, 1.82) is 0 Å². The number of nitrogens with one attached hydrogen (secondary N) is 1. The maximum atomic E-state index is 5.02. The van der Waals surface area contributed by atoms with Gasteiger partial charge in [0.15, 0.2) is 11.8 Å². The summed E-state index contributed by atoms with van der Waals surface area (Å²) in [6, 6.07) is 1.81. The molecule has 0 spiro atoms. The molecule has 0 amide bonds. The molecule has 0 bridgehead atoms. The summed E-state index contributed by atoms with van der Waals surface area (Å²) in [7, 11) is 3.61. The Morgan fingerprint density at radius 3 is 2.80 bits per heavy atom. The average Bonchev–Trinajstić information content (AvgIpc) is 3.02. The lowest BCUT2D eigenvalue weighted by Crippen LogP contribution is -2.38. The second-order valence-electron chi connectivity index (χ2n) is 3.98. The molecular formula is C11H17IN6O2. The first-order valence-corrected chi connectivity index (χ1v) is 5.79. The third kappa shape index (κ3) is 4.47. The van der Waals surface area contributed by atoms with E-state index in [1.165, 1.54) is 0 Å². The maximum Gasteiger partial charge on any atom is 0.246 e. The molecule has 0 saturated carbocycles. The predicted molar refractivity (Wildman–Crippen MR) is 82.6 cm³/mol. The highest BCUT2D eigenvalue weighted by atomic mass is 127. The summed E-state index contributed by atoms with van der Waals surface area (Å²) in [5, 5.41) is 10.7. The third-order valence-electron chi connectivity index (χ3n) is 2.43. The molecule has 0 aliphatic carbocycles. The summed E-state index contributed by atoms with van der Waals surface area (Å²) in [5.41, 5.74) is 0.832. The van der Waals surface area contributed by atoms with Gasteiger partial charge in [0.1, 0.15) is 12.0 Å². The van der Waals surface area contributed by atoms with Crippen LogP contribution in [0.2, 0.25) is 0 Å². The minimum atomic E-state index is 0. The zero-order valence-electron chi connectivity index (χ0n) is 11.5. The molecular weight excluding hydrogens is 375 g/mol. The maximum absolute atomic E-state index is 5.02. The van der Waals surface area contributed by atoms with Crippen molar-refractivity contribution in [2.75, 3.05) is 14.1 Å². The molecule has 2 rings (SSSR count). The first-order valence-electron chi connectivity index (χ1n) is 5.79. The standard InChI is InChI=1S/C11H16N6O2.HI/c1-8-14-10(19-15-8)6-13-11(12-2)17(3)7-9-4-5-18-16-9;/h4-5H,6-7H2,1-3H3,(H,12,13);1H. The summed E-state index contributed by atoms with van der Waals surface area (Å²) in [5.74, 6) is 1.84. The van der Waals surface area contributed by atoms with Crippen LogP contribution in [-0.2, 0) is 13.1 Å². The lowest BCUT2D eigenvalue weighted by atomic mass is 10.4. The molecule has 0 radical (unpaired) electrons. The van der Waals surface area contributed by atoms with E-state index in [0.29, 0.717) is 30.8 Å². The molecule has 2 heterocycles. The number of aromatic nitrogens is 3. The molecule has 2 aromatic rings. The van der Waals surface area contributed by atoms with Gasteiger partial charge < -0.3 is 19.3 Å². The highest BCUT2D eigenvalue weighted by molar-refractivity contribution is 14.0. The molecule has 1 N–H and O–H groups in total. The Balaban J connectivity index is 0.00000200. The molecule has 0 saturated heterocycles. The Bertz CT molecular complexity index is 539. The van der Waals surface area contributed by atoms with E-state index in [1.807, 2.05) is 18.0 Å². The molecule has 2 aromatic heterocycles. The van der Waals surface area contributed by atoms with Crippen molar-refractivity contribution in [2.24, 2.45) is 4.99 Å². The quantitative estimate of drug-likeness (QED) is 0.475. The van der Waals surface area contributed by atoms with Crippen molar-refractivity contribution in [1.82, 2.24) is 25.5 Å². The van der Waals surface area contributed by atoms with Gasteiger partial charge in [0.05, 0.1) is 13.1 Å². The van der Waals surface area contributed by atoms with Gasteiger partial charge >= 0.3 is 0 Å². The second-order valence-corrected chi connectivity index (χ2v) is 3.98. The van der Waals surface area contributed by atoms with Crippen LogP contribution in [0.4, 0.5) is 0 Å². The molecule has 0 aliphatic rings. The van der Waals surface area contributed by atoms with Crippen molar-refractivity contribution in [3.05, 3.63) is 29.7 Å². The molecule has 110 valence electrons. The van der Waals surface area contributed by atoms with E-state index < -0.39 is 0 Å². The Kier molecular flexibility index (Phi) is 6.42. The zero-order valence-corrected chi connectivity index (χ0v) is 13.9. The van der Waals surface area contributed by atoms with E-state index in [1.54, 1.807) is 20.2 Å².